The molecule has 4 heterocycles. The van der Waals surface area contributed by atoms with E-state index >= 15 is 0 Å². The molecule has 7 nitrogen and oxygen atoms in total. The molecule has 2 amide bonds. The molecule has 0 bridgehead atoms. The minimum absolute atomic E-state index is 0.0354. The third-order valence-corrected chi connectivity index (χ3v) is 10.4. The summed E-state index contributed by atoms with van der Waals surface area (Å²) in [7, 11) is -3.65. The van der Waals surface area contributed by atoms with Crippen LogP contribution in [0.25, 0.3) is 0 Å². The number of rotatable bonds is 4. The number of amides is 2. The van der Waals surface area contributed by atoms with Crippen LogP contribution in [-0.2, 0) is 14.8 Å². The summed E-state index contributed by atoms with van der Waals surface area (Å²) in [5.41, 5.74) is 0. The van der Waals surface area contributed by atoms with Crippen LogP contribution in [0, 0.1) is 11.8 Å². The normalized spacial score (nSPS) is 24.4. The van der Waals surface area contributed by atoms with Gasteiger partial charge in [-0.25, -0.2) is 8.42 Å². The molecule has 1 aromatic heterocycles. The van der Waals surface area contributed by atoms with Crippen LogP contribution < -0.4 is 0 Å². The highest BCUT2D eigenvalue weighted by Gasteiger charge is 2.35. The largest absolute Gasteiger partial charge is 0.342 e. The van der Waals surface area contributed by atoms with E-state index in [1.165, 1.54) is 22.1 Å². The van der Waals surface area contributed by atoms with Crippen molar-refractivity contribution in [2.75, 3.05) is 50.8 Å². The molecule has 3 fully saturated rings. The molecule has 3 aliphatic heterocycles. The summed E-state index contributed by atoms with van der Waals surface area (Å²) < 4.78 is 27.7. The smallest absolute Gasteiger partial charge is 0.265 e. The molecule has 0 saturated carbocycles. The first kappa shape index (κ1) is 23.1. The van der Waals surface area contributed by atoms with Crippen molar-refractivity contribution in [3.05, 3.63) is 16.3 Å². The predicted molar refractivity (Wildman–Crippen MR) is 124 cm³/mol. The molecule has 172 valence electrons. The lowest BCUT2D eigenvalue weighted by molar-refractivity contribution is -0.138. The first-order valence-electron chi connectivity index (χ1n) is 11.1. The third-order valence-electron chi connectivity index (χ3n) is 6.51. The lowest BCUT2D eigenvalue weighted by atomic mass is 9.92. The second kappa shape index (κ2) is 9.80. The molecule has 0 aliphatic carbocycles. The zero-order valence-corrected chi connectivity index (χ0v) is 20.4. The molecule has 10 heteroatoms. The first-order valence-corrected chi connectivity index (χ1v) is 14.6. The van der Waals surface area contributed by atoms with Gasteiger partial charge in [0.2, 0.25) is 15.9 Å². The van der Waals surface area contributed by atoms with E-state index < -0.39 is 10.0 Å². The average molecular weight is 486 g/mol. The Hall–Kier alpha value is -1.10. The molecule has 0 N–H and O–H groups in total. The minimum Gasteiger partial charge on any atom is -0.342 e. The monoisotopic (exact) mass is 485 g/mol. The van der Waals surface area contributed by atoms with Crippen molar-refractivity contribution in [3.63, 3.8) is 0 Å². The highest BCUT2D eigenvalue weighted by Crippen LogP contribution is 2.30. The molecule has 0 radical (unpaired) electrons. The maximum Gasteiger partial charge on any atom is 0.265 e. The van der Waals surface area contributed by atoms with E-state index in [0.29, 0.717) is 49.8 Å². The summed E-state index contributed by atoms with van der Waals surface area (Å²) in [6.45, 7) is 5.83. The molecule has 0 aromatic carbocycles. The van der Waals surface area contributed by atoms with Gasteiger partial charge in [-0.2, -0.15) is 16.1 Å². The van der Waals surface area contributed by atoms with Gasteiger partial charge in [0, 0.05) is 56.7 Å². The molecule has 1 unspecified atom stereocenters. The van der Waals surface area contributed by atoms with Gasteiger partial charge >= 0.3 is 0 Å². The Morgan fingerprint density at radius 1 is 1.00 bits per heavy atom. The van der Waals surface area contributed by atoms with E-state index in [2.05, 4.69) is 6.92 Å². The van der Waals surface area contributed by atoms with Crippen molar-refractivity contribution in [2.45, 2.75) is 37.5 Å². The Bertz CT molecular complexity index is 903. The summed E-state index contributed by atoms with van der Waals surface area (Å²) >= 11 is 2.94. The van der Waals surface area contributed by atoms with Crippen molar-refractivity contribution in [3.8, 4) is 0 Å². The number of thioether (sulfide) groups is 1. The van der Waals surface area contributed by atoms with E-state index in [-0.39, 0.29) is 22.6 Å². The Morgan fingerprint density at radius 3 is 2.39 bits per heavy atom. The molecule has 3 saturated heterocycles. The number of nitrogens with zero attached hydrogens (tertiary/aromatic N) is 3. The van der Waals surface area contributed by atoms with Crippen LogP contribution in [0.15, 0.2) is 16.3 Å². The Labute approximate surface area is 193 Å². The summed E-state index contributed by atoms with van der Waals surface area (Å²) in [6.07, 6.45) is 3.53. The summed E-state index contributed by atoms with van der Waals surface area (Å²) in [5.74, 6) is 2.08. The Morgan fingerprint density at radius 2 is 1.71 bits per heavy atom. The van der Waals surface area contributed by atoms with Gasteiger partial charge in [0.05, 0.1) is 0 Å². The van der Waals surface area contributed by atoms with Gasteiger partial charge in [-0.1, -0.05) is 6.92 Å². The fourth-order valence-corrected chi connectivity index (χ4v) is 8.64. The van der Waals surface area contributed by atoms with Crippen LogP contribution in [0.3, 0.4) is 0 Å². The molecular weight excluding hydrogens is 454 g/mol. The second-order valence-electron chi connectivity index (χ2n) is 8.73. The van der Waals surface area contributed by atoms with Crippen LogP contribution in [0.4, 0.5) is 0 Å². The molecule has 1 atom stereocenters. The van der Waals surface area contributed by atoms with E-state index in [4.69, 9.17) is 0 Å². The van der Waals surface area contributed by atoms with Crippen molar-refractivity contribution < 1.29 is 18.0 Å². The van der Waals surface area contributed by atoms with Gasteiger partial charge in [-0.15, -0.1) is 11.3 Å². The van der Waals surface area contributed by atoms with Crippen LogP contribution in [-0.4, -0.2) is 85.1 Å². The molecule has 0 spiro atoms. The third kappa shape index (κ3) is 4.96. The number of carbonyl (C=O) groups is 2. The maximum absolute atomic E-state index is 13.2. The summed E-state index contributed by atoms with van der Waals surface area (Å²) in [4.78, 5) is 30.2. The number of hydrogen-bond donors (Lipinski definition) is 0. The summed E-state index contributed by atoms with van der Waals surface area (Å²) in [6, 6.07) is 1.56. The van der Waals surface area contributed by atoms with E-state index in [9.17, 15) is 18.0 Å². The first-order chi connectivity index (χ1) is 14.9. The topological polar surface area (TPSA) is 78.0 Å². The fourth-order valence-electron chi connectivity index (χ4n) is 4.70. The average Bonchev–Trinajstić information content (AvgIpc) is 3.30. The van der Waals surface area contributed by atoms with Crippen molar-refractivity contribution in [1.29, 1.82) is 0 Å². The second-order valence-corrected chi connectivity index (χ2v) is 12.8. The van der Waals surface area contributed by atoms with Crippen LogP contribution in [0.2, 0.25) is 0 Å². The predicted octanol–water partition coefficient (Wildman–Crippen LogP) is 2.60. The number of piperidine rings is 2. The maximum atomic E-state index is 13.2. The molecular formula is C21H31N3O4S3. The van der Waals surface area contributed by atoms with Crippen LogP contribution in [0.5, 0.6) is 0 Å². The standard InChI is InChI=1S/C21H31N3O4S3/c1-16-3-2-7-23(15-16)20(25)17-4-8-22(9-5-17)21(26)19-18(6-12-30-19)31(27,28)24-10-13-29-14-11-24/h6,12,16-17H,2-5,7-11,13-15H2,1H3. The highest BCUT2D eigenvalue weighted by molar-refractivity contribution is 7.99. The number of likely N-dealkylation sites (tertiary alicyclic amines) is 2. The number of hydrogen-bond acceptors (Lipinski definition) is 6. The van der Waals surface area contributed by atoms with Crippen LogP contribution >= 0.6 is 23.1 Å². The Kier molecular flexibility index (Phi) is 7.30. The lowest BCUT2D eigenvalue weighted by Crippen LogP contribution is -2.47. The van der Waals surface area contributed by atoms with Gasteiger partial charge in [0.15, 0.2) is 0 Å². The van der Waals surface area contributed by atoms with E-state index in [1.807, 2.05) is 4.90 Å². The van der Waals surface area contributed by atoms with Gasteiger partial charge in [-0.3, -0.25) is 9.59 Å². The molecule has 1 aromatic rings. The quantitative estimate of drug-likeness (QED) is 0.655. The van der Waals surface area contributed by atoms with Gasteiger partial charge in [0.1, 0.15) is 9.77 Å². The van der Waals surface area contributed by atoms with Crippen molar-refractivity contribution in [2.24, 2.45) is 11.8 Å². The van der Waals surface area contributed by atoms with Crippen molar-refractivity contribution in [1.82, 2.24) is 14.1 Å². The zero-order valence-electron chi connectivity index (χ0n) is 18.0. The van der Waals surface area contributed by atoms with Gasteiger partial charge in [0.25, 0.3) is 5.91 Å². The lowest BCUT2D eigenvalue weighted by Gasteiger charge is -2.37. The number of carbonyl (C=O) groups excluding carboxylic acids is 2. The van der Waals surface area contributed by atoms with Crippen LogP contribution in [0.1, 0.15) is 42.3 Å². The highest BCUT2D eigenvalue weighted by atomic mass is 32.2. The minimum atomic E-state index is -3.65. The van der Waals surface area contributed by atoms with Crippen molar-refractivity contribution >= 4 is 44.9 Å². The fraction of sp³-hybridized carbons (Fsp3) is 0.714. The molecule has 31 heavy (non-hydrogen) atoms. The zero-order chi connectivity index (χ0) is 22.0. The number of sulfonamides is 1. The summed E-state index contributed by atoms with van der Waals surface area (Å²) in [5, 5.41) is 1.69. The Balaban J connectivity index is 1.40. The van der Waals surface area contributed by atoms with E-state index in [1.54, 1.807) is 28.1 Å². The molecule has 4 rings (SSSR count). The van der Waals surface area contributed by atoms with E-state index in [0.717, 1.165) is 31.0 Å². The van der Waals surface area contributed by atoms with Gasteiger partial charge < -0.3 is 9.80 Å². The van der Waals surface area contributed by atoms with Gasteiger partial charge in [-0.05, 0) is 43.0 Å². The molecule has 3 aliphatic rings. The number of thiophene rings is 1. The SMILES string of the molecule is CC1CCCN(C(=O)C2CCN(C(=O)c3sccc3S(=O)(=O)N3CCSCC3)CC2)C1.